The van der Waals surface area contributed by atoms with E-state index >= 15 is 0 Å². The minimum absolute atomic E-state index is 0.212. The highest BCUT2D eigenvalue weighted by Gasteiger charge is 2.65. The van der Waals surface area contributed by atoms with Crippen LogP contribution in [0.2, 0.25) is 0 Å². The topological polar surface area (TPSA) is 70.1 Å². The molecule has 4 aromatic carbocycles. The molecule has 0 aliphatic carbocycles. The lowest BCUT2D eigenvalue weighted by atomic mass is 9.83. The molecule has 2 saturated heterocycles. The van der Waals surface area contributed by atoms with Gasteiger partial charge in [-0.25, -0.2) is 4.90 Å². The van der Waals surface area contributed by atoms with Crippen LogP contribution in [0.3, 0.4) is 0 Å². The van der Waals surface area contributed by atoms with E-state index in [2.05, 4.69) is 5.10 Å². The van der Waals surface area contributed by atoms with Crippen molar-refractivity contribution in [3.05, 3.63) is 125 Å². The first kappa shape index (κ1) is 23.3. The molecule has 0 spiro atoms. The fourth-order valence-corrected chi connectivity index (χ4v) is 6.25. The molecule has 6 nitrogen and oxygen atoms in total. The van der Waals surface area contributed by atoms with E-state index in [0.717, 1.165) is 27.8 Å². The second-order valence-corrected chi connectivity index (χ2v) is 10.3. The number of carbonyl (C=O) groups is 3. The monoisotopic (exact) mass is 511 g/mol. The molecular formula is C33H25N3O3. The van der Waals surface area contributed by atoms with Crippen molar-refractivity contribution in [2.45, 2.75) is 19.0 Å². The maximum Gasteiger partial charge on any atom is 0.240 e. The number of nitrogens with zero attached hydrogens (tertiary/aromatic N) is 3. The Morgan fingerprint density at radius 3 is 2.10 bits per heavy atom. The van der Waals surface area contributed by atoms with Crippen molar-refractivity contribution in [2.24, 2.45) is 16.9 Å². The number of anilines is 1. The Kier molecular flexibility index (Phi) is 5.30. The predicted molar refractivity (Wildman–Crippen MR) is 149 cm³/mol. The Morgan fingerprint density at radius 1 is 0.718 bits per heavy atom. The largest absolute Gasteiger partial charge is 0.292 e. The van der Waals surface area contributed by atoms with Gasteiger partial charge in [0, 0.05) is 5.56 Å². The summed E-state index contributed by atoms with van der Waals surface area (Å²) in [4.78, 5) is 43.4. The Balaban J connectivity index is 1.31. The minimum Gasteiger partial charge on any atom is -0.292 e. The quantitative estimate of drug-likeness (QED) is 0.271. The molecule has 2 amide bonds. The summed E-state index contributed by atoms with van der Waals surface area (Å²) in [6, 6.07) is 31.1. The van der Waals surface area contributed by atoms with E-state index in [1.165, 1.54) is 4.90 Å². The highest BCUT2D eigenvalue weighted by Crippen LogP contribution is 2.53. The fraction of sp³-hybridized carbons (Fsp3) is 0.152. The average Bonchev–Trinajstić information content (AvgIpc) is 3.46. The number of aryl methyl sites for hydroxylation is 1. The third kappa shape index (κ3) is 3.56. The Bertz CT molecular complexity index is 1640. The second kappa shape index (κ2) is 8.88. The van der Waals surface area contributed by atoms with E-state index in [1.54, 1.807) is 35.5 Å². The van der Waals surface area contributed by atoms with Gasteiger partial charge in [0.25, 0.3) is 0 Å². The van der Waals surface area contributed by atoms with Crippen LogP contribution in [0.4, 0.5) is 5.69 Å². The first-order valence-corrected chi connectivity index (χ1v) is 13.1. The molecule has 190 valence electrons. The normalized spacial score (nSPS) is 23.0. The number of amides is 2. The molecule has 39 heavy (non-hydrogen) atoms. The number of hydrazone groups is 1. The van der Waals surface area contributed by atoms with Crippen LogP contribution < -0.4 is 4.90 Å². The van der Waals surface area contributed by atoms with Gasteiger partial charge in [0.05, 0.1) is 29.8 Å². The van der Waals surface area contributed by atoms with Crippen LogP contribution in [-0.4, -0.2) is 34.9 Å². The molecule has 0 bridgehead atoms. The van der Waals surface area contributed by atoms with Crippen molar-refractivity contribution in [2.75, 3.05) is 4.90 Å². The van der Waals surface area contributed by atoms with Crippen LogP contribution in [0.15, 0.2) is 108 Å². The zero-order valence-electron chi connectivity index (χ0n) is 21.3. The Labute approximate surface area is 226 Å². The minimum atomic E-state index is -0.890. The number of Topliss-reactive ketones (excluding diaryl/α,β-unsaturated/α-hetero) is 1. The van der Waals surface area contributed by atoms with Gasteiger partial charge >= 0.3 is 0 Å². The standard InChI is InChI=1S/C33H25N3O3/c1-20-11-17-25(18-12-20)35-32(38)27-28(33(35)39)30(36-29(27)26-10-6-5-9-24(26)19-34-36)31(37)23-15-13-22(14-16-23)21-7-3-2-4-8-21/h2-19,27-30H,1H3/t27-,28+,29-,30-/m0/s1. The van der Waals surface area contributed by atoms with Gasteiger partial charge in [0.1, 0.15) is 6.04 Å². The summed E-state index contributed by atoms with van der Waals surface area (Å²) in [7, 11) is 0. The number of hydrogen-bond donors (Lipinski definition) is 0. The first-order chi connectivity index (χ1) is 19.0. The number of ketones is 1. The molecule has 0 N–H and O–H groups in total. The highest BCUT2D eigenvalue weighted by atomic mass is 16.2. The van der Waals surface area contributed by atoms with Crippen molar-refractivity contribution >= 4 is 29.5 Å². The Hall–Kier alpha value is -4.84. The lowest BCUT2D eigenvalue weighted by Gasteiger charge is -2.33. The van der Waals surface area contributed by atoms with Gasteiger partial charge < -0.3 is 0 Å². The van der Waals surface area contributed by atoms with E-state index in [4.69, 9.17) is 0 Å². The van der Waals surface area contributed by atoms with Gasteiger partial charge in [-0.3, -0.25) is 19.4 Å². The second-order valence-electron chi connectivity index (χ2n) is 10.3. The van der Waals surface area contributed by atoms with Crippen molar-refractivity contribution in [1.82, 2.24) is 5.01 Å². The molecule has 4 aromatic rings. The molecule has 0 saturated carbocycles. The van der Waals surface area contributed by atoms with Gasteiger partial charge in [0.15, 0.2) is 5.78 Å². The molecule has 0 unspecified atom stereocenters. The summed E-state index contributed by atoms with van der Waals surface area (Å²) in [5.74, 6) is -2.40. The van der Waals surface area contributed by atoms with Crippen LogP contribution in [0.5, 0.6) is 0 Å². The van der Waals surface area contributed by atoms with Crippen LogP contribution in [-0.2, 0) is 9.59 Å². The summed E-state index contributed by atoms with van der Waals surface area (Å²) in [5.41, 5.74) is 5.91. The van der Waals surface area contributed by atoms with E-state index in [1.807, 2.05) is 85.8 Å². The lowest BCUT2D eigenvalue weighted by molar-refractivity contribution is -0.124. The maximum absolute atomic E-state index is 14.1. The van der Waals surface area contributed by atoms with E-state index in [9.17, 15) is 14.4 Å². The van der Waals surface area contributed by atoms with E-state index in [0.29, 0.717) is 11.3 Å². The van der Waals surface area contributed by atoms with Crippen molar-refractivity contribution in [3.63, 3.8) is 0 Å². The zero-order chi connectivity index (χ0) is 26.7. The molecule has 0 aromatic heterocycles. The summed E-state index contributed by atoms with van der Waals surface area (Å²) < 4.78 is 0. The SMILES string of the molecule is Cc1ccc(N2C(=O)[C@@H]3[C@H](C2=O)[C@@H]2c4ccccc4C=NN2[C@@H]3C(=O)c2ccc(-c3ccccc3)cc2)cc1. The van der Waals surface area contributed by atoms with Crippen molar-refractivity contribution in [1.29, 1.82) is 0 Å². The molecule has 3 aliphatic rings. The van der Waals surface area contributed by atoms with Crippen LogP contribution in [0, 0.1) is 18.8 Å². The molecule has 6 heteroatoms. The molecule has 3 heterocycles. The summed E-state index contributed by atoms with van der Waals surface area (Å²) >= 11 is 0. The number of fused-ring (bicyclic) bond motifs is 5. The maximum atomic E-state index is 14.1. The predicted octanol–water partition coefficient (Wildman–Crippen LogP) is 5.42. The number of benzene rings is 4. The Morgan fingerprint density at radius 2 is 1.36 bits per heavy atom. The number of rotatable bonds is 4. The van der Waals surface area contributed by atoms with Crippen LogP contribution in [0.25, 0.3) is 11.1 Å². The molecule has 4 atom stereocenters. The van der Waals surface area contributed by atoms with Crippen LogP contribution in [0.1, 0.15) is 33.1 Å². The lowest BCUT2D eigenvalue weighted by Crippen LogP contribution is -2.44. The summed E-state index contributed by atoms with van der Waals surface area (Å²) in [6.07, 6.45) is 1.72. The van der Waals surface area contributed by atoms with E-state index < -0.39 is 23.9 Å². The first-order valence-electron chi connectivity index (χ1n) is 13.1. The summed E-state index contributed by atoms with van der Waals surface area (Å²) in [6.45, 7) is 1.96. The average molecular weight is 512 g/mol. The molecule has 3 aliphatic heterocycles. The van der Waals surface area contributed by atoms with Crippen LogP contribution >= 0.6 is 0 Å². The fourth-order valence-electron chi connectivity index (χ4n) is 6.25. The number of hydrogen-bond acceptors (Lipinski definition) is 5. The number of carbonyl (C=O) groups excluding carboxylic acids is 3. The van der Waals surface area contributed by atoms with Crippen molar-refractivity contribution < 1.29 is 14.4 Å². The van der Waals surface area contributed by atoms with E-state index in [-0.39, 0.29) is 17.6 Å². The van der Waals surface area contributed by atoms with Crippen molar-refractivity contribution in [3.8, 4) is 11.1 Å². The summed E-state index contributed by atoms with van der Waals surface area (Å²) in [5, 5.41) is 6.35. The van der Waals surface area contributed by atoms with Gasteiger partial charge in [-0.1, -0.05) is 96.6 Å². The smallest absolute Gasteiger partial charge is 0.240 e. The third-order valence-electron chi connectivity index (χ3n) is 8.13. The van der Waals surface area contributed by atoms with Gasteiger partial charge in [0.2, 0.25) is 11.8 Å². The molecule has 2 fully saturated rings. The highest BCUT2D eigenvalue weighted by molar-refractivity contribution is 6.24. The van der Waals surface area contributed by atoms with Gasteiger partial charge in [-0.15, -0.1) is 0 Å². The molecule has 7 rings (SSSR count). The molecule has 0 radical (unpaired) electrons. The van der Waals surface area contributed by atoms with Gasteiger partial charge in [-0.05, 0) is 41.3 Å². The third-order valence-corrected chi connectivity index (χ3v) is 8.13. The van der Waals surface area contributed by atoms with Gasteiger partial charge in [-0.2, -0.15) is 5.10 Å². The zero-order valence-corrected chi connectivity index (χ0v) is 21.3. The molecular weight excluding hydrogens is 486 g/mol. The number of imide groups is 1.